The van der Waals surface area contributed by atoms with E-state index in [-0.39, 0.29) is 6.03 Å². The molecule has 0 bridgehead atoms. The Morgan fingerprint density at radius 2 is 2.04 bits per heavy atom. The molecule has 8 heteroatoms. The zero-order valence-corrected chi connectivity index (χ0v) is 14.5. The number of urea groups is 1. The zero-order chi connectivity index (χ0) is 18.4. The highest BCUT2D eigenvalue weighted by Crippen LogP contribution is 2.28. The van der Waals surface area contributed by atoms with Gasteiger partial charge in [-0.05, 0) is 24.3 Å². The van der Waals surface area contributed by atoms with Crippen molar-refractivity contribution in [1.82, 2.24) is 20.1 Å². The molecular formula is C18H19N5O3. The Morgan fingerprint density at radius 1 is 1.15 bits per heavy atom. The van der Waals surface area contributed by atoms with Gasteiger partial charge in [0.1, 0.15) is 11.5 Å². The van der Waals surface area contributed by atoms with Crippen LogP contribution in [0.1, 0.15) is 5.56 Å². The summed E-state index contributed by atoms with van der Waals surface area (Å²) in [7, 11) is 3.10. The van der Waals surface area contributed by atoms with Crippen LogP contribution in [-0.2, 0) is 6.54 Å². The number of hydrogen-bond acceptors (Lipinski definition) is 5. The highest BCUT2D eigenvalue weighted by Gasteiger charge is 2.11. The SMILES string of the molecule is COc1ccc(OC)c(NC(=O)NCc2cccnc2-n2cccn2)c1. The Balaban J connectivity index is 1.69. The van der Waals surface area contributed by atoms with Crippen molar-refractivity contribution in [3.63, 3.8) is 0 Å². The molecule has 0 saturated heterocycles. The fourth-order valence-corrected chi connectivity index (χ4v) is 2.42. The highest BCUT2D eigenvalue weighted by molar-refractivity contribution is 5.91. The summed E-state index contributed by atoms with van der Waals surface area (Å²) in [6.45, 7) is 0.293. The van der Waals surface area contributed by atoms with Gasteiger partial charge in [-0.15, -0.1) is 0 Å². The molecule has 2 heterocycles. The summed E-state index contributed by atoms with van der Waals surface area (Å²) in [5, 5.41) is 9.75. The van der Waals surface area contributed by atoms with Gasteiger partial charge in [-0.25, -0.2) is 14.5 Å². The Kier molecular flexibility index (Phi) is 5.33. The molecule has 134 valence electrons. The number of methoxy groups -OCH3 is 2. The van der Waals surface area contributed by atoms with Crippen LogP contribution in [0, 0.1) is 0 Å². The molecule has 0 atom stereocenters. The number of aromatic nitrogens is 3. The Labute approximate surface area is 150 Å². The molecule has 2 N–H and O–H groups in total. The van der Waals surface area contributed by atoms with Gasteiger partial charge >= 0.3 is 6.03 Å². The molecule has 0 aliphatic rings. The van der Waals surface area contributed by atoms with Crippen LogP contribution in [0.4, 0.5) is 10.5 Å². The van der Waals surface area contributed by atoms with Crippen LogP contribution in [0.3, 0.4) is 0 Å². The van der Waals surface area contributed by atoms with Crippen LogP contribution < -0.4 is 20.1 Å². The lowest BCUT2D eigenvalue weighted by Crippen LogP contribution is -2.29. The topological polar surface area (TPSA) is 90.3 Å². The third kappa shape index (κ3) is 3.92. The van der Waals surface area contributed by atoms with Crippen molar-refractivity contribution in [2.75, 3.05) is 19.5 Å². The minimum atomic E-state index is -0.369. The molecule has 0 aliphatic heterocycles. The Morgan fingerprint density at radius 3 is 2.77 bits per heavy atom. The van der Waals surface area contributed by atoms with Crippen LogP contribution >= 0.6 is 0 Å². The molecule has 0 unspecified atom stereocenters. The summed E-state index contributed by atoms with van der Waals surface area (Å²) in [5.74, 6) is 1.82. The van der Waals surface area contributed by atoms with Gasteiger partial charge in [-0.2, -0.15) is 5.10 Å². The van der Waals surface area contributed by atoms with Gasteiger partial charge in [0.15, 0.2) is 5.82 Å². The summed E-state index contributed by atoms with van der Waals surface area (Å²) in [6.07, 6.45) is 5.16. The van der Waals surface area contributed by atoms with E-state index in [1.54, 1.807) is 48.6 Å². The Bertz CT molecular complexity index is 880. The van der Waals surface area contributed by atoms with Gasteiger partial charge < -0.3 is 20.1 Å². The second kappa shape index (κ2) is 8.02. The lowest BCUT2D eigenvalue weighted by molar-refractivity contribution is 0.251. The normalized spacial score (nSPS) is 10.2. The standard InChI is InChI=1S/C18H19N5O3/c1-25-14-6-7-16(26-2)15(11-14)22-18(24)20-12-13-5-3-8-19-17(13)23-10-4-9-21-23/h3-11H,12H2,1-2H3,(H2,20,22,24). The van der Waals surface area contributed by atoms with Crippen molar-refractivity contribution in [2.24, 2.45) is 0 Å². The number of ether oxygens (including phenoxy) is 2. The van der Waals surface area contributed by atoms with E-state index in [1.807, 2.05) is 18.2 Å². The fraction of sp³-hybridized carbons (Fsp3) is 0.167. The molecule has 0 radical (unpaired) electrons. The van der Waals surface area contributed by atoms with Crippen LogP contribution in [0.15, 0.2) is 55.0 Å². The molecule has 0 fully saturated rings. The van der Waals surface area contributed by atoms with Gasteiger partial charge in [-0.3, -0.25) is 0 Å². The molecule has 1 aromatic carbocycles. The van der Waals surface area contributed by atoms with Crippen LogP contribution in [0.5, 0.6) is 11.5 Å². The van der Waals surface area contributed by atoms with Crippen LogP contribution in [0.25, 0.3) is 5.82 Å². The third-order valence-corrected chi connectivity index (χ3v) is 3.68. The molecule has 0 spiro atoms. The van der Waals surface area contributed by atoms with Gasteiger partial charge in [0.25, 0.3) is 0 Å². The predicted octanol–water partition coefficient (Wildman–Crippen LogP) is 2.61. The number of pyridine rings is 1. The lowest BCUT2D eigenvalue weighted by Gasteiger charge is -2.13. The van der Waals surface area contributed by atoms with Crippen molar-refractivity contribution in [3.05, 3.63) is 60.6 Å². The van der Waals surface area contributed by atoms with Crippen molar-refractivity contribution in [2.45, 2.75) is 6.54 Å². The molecule has 2 amide bonds. The summed E-state index contributed by atoms with van der Waals surface area (Å²) in [4.78, 5) is 16.6. The van der Waals surface area contributed by atoms with E-state index in [9.17, 15) is 4.79 Å². The quantitative estimate of drug-likeness (QED) is 0.711. The molecule has 0 aliphatic carbocycles. The molecule has 0 saturated carbocycles. The van der Waals surface area contributed by atoms with E-state index in [0.717, 1.165) is 5.56 Å². The number of benzene rings is 1. The maximum Gasteiger partial charge on any atom is 0.319 e. The second-order valence-corrected chi connectivity index (χ2v) is 5.31. The number of rotatable bonds is 6. The lowest BCUT2D eigenvalue weighted by atomic mass is 10.2. The predicted molar refractivity (Wildman–Crippen MR) is 96.8 cm³/mol. The number of hydrogen-bond donors (Lipinski definition) is 2. The van der Waals surface area contributed by atoms with E-state index in [4.69, 9.17) is 9.47 Å². The first kappa shape index (κ1) is 17.3. The average Bonchev–Trinajstić information content (AvgIpc) is 3.21. The van der Waals surface area contributed by atoms with E-state index < -0.39 is 0 Å². The number of nitrogens with zero attached hydrogens (tertiary/aromatic N) is 3. The summed E-state index contributed by atoms with van der Waals surface area (Å²) in [6, 6.07) is 10.3. The van der Waals surface area contributed by atoms with Gasteiger partial charge in [0.2, 0.25) is 0 Å². The summed E-state index contributed by atoms with van der Waals surface area (Å²) >= 11 is 0. The van der Waals surface area contributed by atoms with Gasteiger partial charge in [-0.1, -0.05) is 6.07 Å². The van der Waals surface area contributed by atoms with E-state index >= 15 is 0 Å². The van der Waals surface area contributed by atoms with Crippen molar-refractivity contribution in [3.8, 4) is 17.3 Å². The number of carbonyl (C=O) groups is 1. The molecular weight excluding hydrogens is 334 g/mol. The maximum atomic E-state index is 12.3. The maximum absolute atomic E-state index is 12.3. The summed E-state index contributed by atoms with van der Waals surface area (Å²) < 4.78 is 12.1. The van der Waals surface area contributed by atoms with Crippen molar-refractivity contribution >= 4 is 11.7 Å². The molecule has 3 aromatic rings. The second-order valence-electron chi connectivity index (χ2n) is 5.31. The first-order valence-corrected chi connectivity index (χ1v) is 7.92. The van der Waals surface area contributed by atoms with E-state index in [2.05, 4.69) is 20.7 Å². The first-order chi connectivity index (χ1) is 12.7. The van der Waals surface area contributed by atoms with E-state index in [1.165, 1.54) is 7.11 Å². The molecule has 26 heavy (non-hydrogen) atoms. The molecule has 2 aromatic heterocycles. The minimum Gasteiger partial charge on any atom is -0.497 e. The monoisotopic (exact) mass is 353 g/mol. The van der Waals surface area contributed by atoms with Crippen LogP contribution in [0.2, 0.25) is 0 Å². The van der Waals surface area contributed by atoms with Crippen molar-refractivity contribution in [1.29, 1.82) is 0 Å². The van der Waals surface area contributed by atoms with Crippen molar-refractivity contribution < 1.29 is 14.3 Å². The first-order valence-electron chi connectivity index (χ1n) is 7.92. The number of amides is 2. The molecule has 8 nitrogen and oxygen atoms in total. The highest BCUT2D eigenvalue weighted by atomic mass is 16.5. The average molecular weight is 353 g/mol. The fourth-order valence-electron chi connectivity index (χ4n) is 2.42. The van der Waals surface area contributed by atoms with Gasteiger partial charge in [0, 0.05) is 36.8 Å². The van der Waals surface area contributed by atoms with Gasteiger partial charge in [0.05, 0.1) is 19.9 Å². The number of nitrogens with one attached hydrogen (secondary N) is 2. The number of carbonyl (C=O) groups excluding carboxylic acids is 1. The zero-order valence-electron chi connectivity index (χ0n) is 14.5. The third-order valence-electron chi connectivity index (χ3n) is 3.68. The number of anilines is 1. The smallest absolute Gasteiger partial charge is 0.319 e. The van der Waals surface area contributed by atoms with E-state index in [0.29, 0.717) is 29.5 Å². The van der Waals surface area contributed by atoms with Crippen LogP contribution in [-0.4, -0.2) is 35.0 Å². The summed E-state index contributed by atoms with van der Waals surface area (Å²) in [5.41, 5.74) is 1.35. The largest absolute Gasteiger partial charge is 0.497 e. The molecule has 3 rings (SSSR count). The minimum absolute atomic E-state index is 0.293. The Hall–Kier alpha value is -3.55.